The summed E-state index contributed by atoms with van der Waals surface area (Å²) in [6.07, 6.45) is 0.641. The summed E-state index contributed by atoms with van der Waals surface area (Å²) in [5.74, 6) is 0. The summed E-state index contributed by atoms with van der Waals surface area (Å²) in [5.41, 5.74) is 2.85. The summed E-state index contributed by atoms with van der Waals surface area (Å²) in [4.78, 5) is 0. The van der Waals surface area contributed by atoms with Crippen LogP contribution in [0.3, 0.4) is 0 Å². The van der Waals surface area contributed by atoms with Crippen molar-refractivity contribution in [2.75, 3.05) is 6.54 Å². The van der Waals surface area contributed by atoms with Gasteiger partial charge >= 0.3 is 0 Å². The van der Waals surface area contributed by atoms with Crippen LogP contribution in [0.1, 0.15) is 44.4 Å². The van der Waals surface area contributed by atoms with Crippen LogP contribution in [-0.4, -0.2) is 17.8 Å². The molecular weight excluding hydrogens is 198 g/mol. The van der Waals surface area contributed by atoms with Crippen LogP contribution in [-0.2, 0) is 5.41 Å². The Morgan fingerprint density at radius 3 is 2.25 bits per heavy atom. The van der Waals surface area contributed by atoms with Gasteiger partial charge in [-0.05, 0) is 23.0 Å². The van der Waals surface area contributed by atoms with Crippen molar-refractivity contribution in [3.05, 3.63) is 35.4 Å². The second-order valence-corrected chi connectivity index (χ2v) is 5.72. The molecule has 2 N–H and O–H groups in total. The molecule has 88 valence electrons. The lowest BCUT2D eigenvalue weighted by Gasteiger charge is -2.20. The second-order valence-electron chi connectivity index (χ2n) is 5.72. The van der Waals surface area contributed by atoms with Gasteiger partial charge in [-0.15, -0.1) is 0 Å². The van der Waals surface area contributed by atoms with Crippen molar-refractivity contribution in [2.45, 2.75) is 44.8 Å². The van der Waals surface area contributed by atoms with E-state index in [1.165, 1.54) is 11.1 Å². The van der Waals surface area contributed by atoms with E-state index in [0.717, 1.165) is 6.42 Å². The summed E-state index contributed by atoms with van der Waals surface area (Å²) in [6.45, 7) is 7.38. The van der Waals surface area contributed by atoms with E-state index < -0.39 is 0 Å². The number of aliphatic hydroxyl groups is 1. The fourth-order valence-corrected chi connectivity index (χ4v) is 2.19. The predicted molar refractivity (Wildman–Crippen MR) is 66.5 cm³/mol. The maximum absolute atomic E-state index is 9.48. The van der Waals surface area contributed by atoms with Gasteiger partial charge in [0, 0.05) is 12.6 Å². The average Bonchev–Trinajstić information content (AvgIpc) is 2.64. The third-order valence-electron chi connectivity index (χ3n) is 3.29. The Hall–Kier alpha value is -0.860. The lowest BCUT2D eigenvalue weighted by atomic mass is 9.86. The molecule has 1 aromatic carbocycles. The molecule has 0 aromatic heterocycles. The van der Waals surface area contributed by atoms with Gasteiger partial charge in [0.1, 0.15) is 0 Å². The maximum atomic E-state index is 9.48. The molecule has 16 heavy (non-hydrogen) atoms. The zero-order chi connectivity index (χ0) is 11.8. The zero-order valence-electron chi connectivity index (χ0n) is 10.3. The molecule has 2 rings (SSSR count). The number of benzene rings is 1. The van der Waals surface area contributed by atoms with Gasteiger partial charge in [0.05, 0.1) is 6.10 Å². The molecule has 1 heterocycles. The van der Waals surface area contributed by atoms with E-state index in [1.807, 2.05) is 0 Å². The topological polar surface area (TPSA) is 32.3 Å². The molecule has 2 heteroatoms. The molecule has 1 aliphatic heterocycles. The Labute approximate surface area is 97.7 Å². The van der Waals surface area contributed by atoms with Crippen LogP contribution < -0.4 is 5.32 Å². The van der Waals surface area contributed by atoms with E-state index in [0.29, 0.717) is 12.6 Å². The molecule has 0 radical (unpaired) electrons. The van der Waals surface area contributed by atoms with E-state index in [-0.39, 0.29) is 11.5 Å². The summed E-state index contributed by atoms with van der Waals surface area (Å²) in [6, 6.07) is 9.07. The molecule has 0 saturated carbocycles. The highest BCUT2D eigenvalue weighted by molar-refractivity contribution is 5.29. The first-order chi connectivity index (χ1) is 7.47. The van der Waals surface area contributed by atoms with Gasteiger partial charge in [0.25, 0.3) is 0 Å². The Morgan fingerprint density at radius 1 is 1.19 bits per heavy atom. The SMILES string of the molecule is CC(C)(C)c1ccc(C2CC(O)CN2)cc1. The quantitative estimate of drug-likeness (QED) is 0.760. The first kappa shape index (κ1) is 11.6. The molecule has 0 bridgehead atoms. The Kier molecular flexibility index (Phi) is 3.04. The van der Waals surface area contributed by atoms with E-state index >= 15 is 0 Å². The van der Waals surface area contributed by atoms with Crippen molar-refractivity contribution in [3.8, 4) is 0 Å². The largest absolute Gasteiger partial charge is 0.392 e. The fraction of sp³-hybridized carbons (Fsp3) is 0.571. The monoisotopic (exact) mass is 219 g/mol. The van der Waals surface area contributed by atoms with Crippen molar-refractivity contribution in [3.63, 3.8) is 0 Å². The van der Waals surface area contributed by atoms with E-state index in [9.17, 15) is 5.11 Å². The molecule has 2 atom stereocenters. The van der Waals surface area contributed by atoms with Crippen LogP contribution in [0.5, 0.6) is 0 Å². The van der Waals surface area contributed by atoms with Crippen molar-refractivity contribution >= 4 is 0 Å². The minimum atomic E-state index is -0.188. The third-order valence-corrected chi connectivity index (χ3v) is 3.29. The fourth-order valence-electron chi connectivity index (χ4n) is 2.19. The Balaban J connectivity index is 2.14. The Bertz CT molecular complexity index is 350. The van der Waals surface area contributed by atoms with Gasteiger partial charge in [-0.2, -0.15) is 0 Å². The van der Waals surface area contributed by atoms with Crippen LogP contribution in [0.4, 0.5) is 0 Å². The predicted octanol–water partition coefficient (Wildman–Crippen LogP) is 2.38. The van der Waals surface area contributed by atoms with Gasteiger partial charge in [-0.25, -0.2) is 0 Å². The van der Waals surface area contributed by atoms with Crippen molar-refractivity contribution < 1.29 is 5.11 Å². The average molecular weight is 219 g/mol. The number of β-amino-alcohol motifs (C(OH)–C–C–N with tert-alkyl or cyclic N) is 1. The molecule has 0 aliphatic carbocycles. The molecule has 2 unspecified atom stereocenters. The number of aliphatic hydroxyl groups excluding tert-OH is 1. The number of nitrogens with one attached hydrogen (secondary N) is 1. The number of rotatable bonds is 1. The third kappa shape index (κ3) is 2.45. The molecule has 1 aliphatic rings. The van der Waals surface area contributed by atoms with Gasteiger partial charge in [0.2, 0.25) is 0 Å². The van der Waals surface area contributed by atoms with Crippen molar-refractivity contribution in [1.29, 1.82) is 0 Å². The van der Waals surface area contributed by atoms with Crippen molar-refractivity contribution in [2.24, 2.45) is 0 Å². The number of hydrogen-bond acceptors (Lipinski definition) is 2. The zero-order valence-corrected chi connectivity index (χ0v) is 10.3. The highest BCUT2D eigenvalue weighted by Crippen LogP contribution is 2.27. The lowest BCUT2D eigenvalue weighted by Crippen LogP contribution is -2.15. The highest BCUT2D eigenvalue weighted by atomic mass is 16.3. The summed E-state index contributed by atoms with van der Waals surface area (Å²) < 4.78 is 0. The van der Waals surface area contributed by atoms with Crippen molar-refractivity contribution in [1.82, 2.24) is 5.32 Å². The summed E-state index contributed by atoms with van der Waals surface area (Å²) in [5, 5.41) is 12.8. The highest BCUT2D eigenvalue weighted by Gasteiger charge is 2.23. The summed E-state index contributed by atoms with van der Waals surface area (Å²) >= 11 is 0. The molecule has 1 saturated heterocycles. The summed E-state index contributed by atoms with van der Waals surface area (Å²) in [7, 11) is 0. The minimum Gasteiger partial charge on any atom is -0.392 e. The van der Waals surface area contributed by atoms with Crippen LogP contribution in [0, 0.1) is 0 Å². The van der Waals surface area contributed by atoms with Crippen LogP contribution in [0.25, 0.3) is 0 Å². The van der Waals surface area contributed by atoms with Gasteiger partial charge < -0.3 is 10.4 Å². The standard InChI is InChI=1S/C14H21NO/c1-14(2,3)11-6-4-10(5-7-11)13-8-12(16)9-15-13/h4-7,12-13,15-16H,8-9H2,1-3H3. The number of hydrogen-bond donors (Lipinski definition) is 2. The normalized spacial score (nSPS) is 26.0. The molecule has 1 fully saturated rings. The molecular formula is C14H21NO. The minimum absolute atomic E-state index is 0.188. The smallest absolute Gasteiger partial charge is 0.0682 e. The Morgan fingerprint density at radius 2 is 1.81 bits per heavy atom. The lowest BCUT2D eigenvalue weighted by molar-refractivity contribution is 0.193. The van der Waals surface area contributed by atoms with Crippen LogP contribution in [0.15, 0.2) is 24.3 Å². The first-order valence-electron chi connectivity index (χ1n) is 5.99. The second kappa shape index (κ2) is 4.19. The van der Waals surface area contributed by atoms with E-state index in [4.69, 9.17) is 0 Å². The van der Waals surface area contributed by atoms with E-state index in [1.54, 1.807) is 0 Å². The van der Waals surface area contributed by atoms with Gasteiger partial charge in [-0.1, -0.05) is 45.0 Å². The molecule has 2 nitrogen and oxygen atoms in total. The first-order valence-corrected chi connectivity index (χ1v) is 5.99. The van der Waals surface area contributed by atoms with Crippen LogP contribution in [0.2, 0.25) is 0 Å². The maximum Gasteiger partial charge on any atom is 0.0682 e. The molecule has 1 aromatic rings. The molecule has 0 amide bonds. The van der Waals surface area contributed by atoms with Gasteiger partial charge in [0.15, 0.2) is 0 Å². The van der Waals surface area contributed by atoms with E-state index in [2.05, 4.69) is 50.4 Å². The molecule has 0 spiro atoms. The van der Waals surface area contributed by atoms with Gasteiger partial charge in [-0.3, -0.25) is 0 Å². The van der Waals surface area contributed by atoms with Crippen LogP contribution >= 0.6 is 0 Å².